The topological polar surface area (TPSA) is 108 Å². The summed E-state index contributed by atoms with van der Waals surface area (Å²) < 4.78 is 55.4. The summed E-state index contributed by atoms with van der Waals surface area (Å²) in [5.74, 6) is -2.93. The maximum absolute atomic E-state index is 13.0. The molecular formula is C25H23F3N2O6. The molecule has 8 nitrogen and oxygen atoms in total. The number of esters is 1. The molecule has 1 saturated heterocycles. The Morgan fingerprint density at radius 1 is 1.03 bits per heavy atom. The van der Waals surface area contributed by atoms with E-state index in [-0.39, 0.29) is 28.6 Å². The number of ketones is 1. The summed E-state index contributed by atoms with van der Waals surface area (Å²) in [5, 5.41) is 0. The molecule has 0 radical (unpaired) electrons. The van der Waals surface area contributed by atoms with Gasteiger partial charge in [0.2, 0.25) is 5.76 Å². The van der Waals surface area contributed by atoms with Gasteiger partial charge in [0.1, 0.15) is 0 Å². The van der Waals surface area contributed by atoms with Gasteiger partial charge in [0.25, 0.3) is 5.91 Å². The maximum atomic E-state index is 13.0. The predicted molar refractivity (Wildman–Crippen MR) is 121 cm³/mol. The first-order chi connectivity index (χ1) is 17.0. The van der Waals surface area contributed by atoms with E-state index >= 15 is 0 Å². The molecule has 36 heavy (non-hydrogen) atoms. The van der Waals surface area contributed by atoms with Crippen molar-refractivity contribution in [1.29, 1.82) is 0 Å². The van der Waals surface area contributed by atoms with Crippen LogP contribution < -0.4 is 10.6 Å². The van der Waals surface area contributed by atoms with Crippen LogP contribution in [0.3, 0.4) is 0 Å². The van der Waals surface area contributed by atoms with Crippen molar-refractivity contribution in [1.82, 2.24) is 0 Å². The average molecular weight is 504 g/mol. The molecule has 2 heterocycles. The second-order valence-electron chi connectivity index (χ2n) is 8.42. The summed E-state index contributed by atoms with van der Waals surface area (Å²) in [6, 6.07) is 11.4. The summed E-state index contributed by atoms with van der Waals surface area (Å²) in [5.41, 5.74) is 5.50. The number of nitrogens with zero attached hydrogens (tertiary/aromatic N) is 1. The molecular weight excluding hydrogens is 481 g/mol. The van der Waals surface area contributed by atoms with Crippen molar-refractivity contribution in [2.45, 2.75) is 32.2 Å². The van der Waals surface area contributed by atoms with Crippen molar-refractivity contribution in [2.24, 2.45) is 11.7 Å². The third-order valence-corrected chi connectivity index (χ3v) is 5.97. The Morgan fingerprint density at radius 2 is 1.72 bits per heavy atom. The SMILES string of the molecule is CC(=O)c1ccccc1C1=C(OC(=O)C2CCN(c3cccc(C(F)(F)F)c3)CC2)OC(C(N)=O)O1. The van der Waals surface area contributed by atoms with Crippen LogP contribution in [0.1, 0.15) is 41.3 Å². The van der Waals surface area contributed by atoms with Crippen LogP contribution in [-0.2, 0) is 30.0 Å². The highest BCUT2D eigenvalue weighted by Gasteiger charge is 2.38. The van der Waals surface area contributed by atoms with Gasteiger partial charge in [-0.2, -0.15) is 13.2 Å². The number of hydrogen-bond donors (Lipinski definition) is 1. The van der Waals surface area contributed by atoms with E-state index in [4.69, 9.17) is 19.9 Å². The lowest BCUT2D eigenvalue weighted by atomic mass is 9.96. The van der Waals surface area contributed by atoms with Crippen molar-refractivity contribution in [3.63, 3.8) is 0 Å². The summed E-state index contributed by atoms with van der Waals surface area (Å²) in [6.07, 6.45) is -5.34. The molecule has 2 aromatic carbocycles. The minimum atomic E-state index is -4.45. The van der Waals surface area contributed by atoms with E-state index in [0.29, 0.717) is 31.6 Å². The lowest BCUT2D eigenvalue weighted by molar-refractivity contribution is -0.159. The van der Waals surface area contributed by atoms with E-state index < -0.39 is 35.8 Å². The molecule has 0 bridgehead atoms. The molecule has 2 N–H and O–H groups in total. The smallest absolute Gasteiger partial charge is 0.416 e. The largest absolute Gasteiger partial charge is 0.438 e. The Hall–Kier alpha value is -4.02. The van der Waals surface area contributed by atoms with Crippen molar-refractivity contribution in [2.75, 3.05) is 18.0 Å². The van der Waals surface area contributed by atoms with E-state index in [1.54, 1.807) is 35.2 Å². The Labute approximate surface area is 204 Å². The molecule has 0 aliphatic carbocycles. The lowest BCUT2D eigenvalue weighted by Gasteiger charge is -2.32. The Bertz CT molecular complexity index is 1220. The van der Waals surface area contributed by atoms with Gasteiger partial charge in [0, 0.05) is 29.9 Å². The van der Waals surface area contributed by atoms with Crippen LogP contribution in [0.4, 0.5) is 18.9 Å². The molecule has 2 aliphatic heterocycles. The first kappa shape index (κ1) is 25.1. The van der Waals surface area contributed by atoms with Crippen molar-refractivity contribution < 1.29 is 41.8 Å². The van der Waals surface area contributed by atoms with E-state index in [1.807, 2.05) is 0 Å². The number of alkyl halides is 3. The predicted octanol–water partition coefficient (Wildman–Crippen LogP) is 3.85. The fourth-order valence-electron chi connectivity index (χ4n) is 4.11. The number of carbonyl (C=O) groups excluding carboxylic acids is 3. The van der Waals surface area contributed by atoms with E-state index in [0.717, 1.165) is 12.1 Å². The minimum absolute atomic E-state index is 0.0978. The first-order valence-electron chi connectivity index (χ1n) is 11.2. The number of nitrogens with two attached hydrogens (primary N) is 1. The average Bonchev–Trinajstić information content (AvgIpc) is 3.27. The standard InChI is InChI=1S/C25H23F3N2O6/c1-14(31)18-7-2-3-8-19(18)20-23(36-24(34-20)21(29)32)35-22(33)15-9-11-30(12-10-15)17-6-4-5-16(13-17)25(26,27)28/h2-8,13,15,24H,9-12H2,1H3,(H2,29,32). The number of carbonyl (C=O) groups is 3. The zero-order chi connectivity index (χ0) is 26.0. The van der Waals surface area contributed by atoms with Crippen molar-refractivity contribution in [3.8, 4) is 0 Å². The number of piperidine rings is 1. The number of rotatable bonds is 6. The number of hydrogen-bond acceptors (Lipinski definition) is 7. The number of Topliss-reactive ketones (excluding diaryl/α,β-unsaturated/α-hetero) is 1. The van der Waals surface area contributed by atoms with Crippen LogP contribution in [0, 0.1) is 5.92 Å². The van der Waals surface area contributed by atoms with Crippen LogP contribution >= 0.6 is 0 Å². The molecule has 0 aromatic heterocycles. The Morgan fingerprint density at radius 3 is 2.36 bits per heavy atom. The van der Waals surface area contributed by atoms with Gasteiger partial charge >= 0.3 is 24.4 Å². The van der Waals surface area contributed by atoms with Crippen molar-refractivity contribution >= 4 is 29.1 Å². The third kappa shape index (κ3) is 5.29. The molecule has 1 fully saturated rings. The Balaban J connectivity index is 1.48. The molecule has 2 aromatic rings. The summed E-state index contributed by atoms with van der Waals surface area (Å²) in [4.78, 5) is 38.4. The van der Waals surface area contributed by atoms with Gasteiger partial charge in [-0.1, -0.05) is 30.3 Å². The number of benzene rings is 2. The number of amides is 1. The second-order valence-corrected chi connectivity index (χ2v) is 8.42. The van der Waals surface area contributed by atoms with Crippen molar-refractivity contribution in [3.05, 3.63) is 71.2 Å². The molecule has 0 saturated carbocycles. The summed E-state index contributed by atoms with van der Waals surface area (Å²) in [6.45, 7) is 2.02. The van der Waals surface area contributed by atoms with E-state index in [1.165, 1.54) is 13.0 Å². The zero-order valence-electron chi connectivity index (χ0n) is 19.2. The number of ether oxygens (including phenoxy) is 3. The number of primary amides is 1. The van der Waals surface area contributed by atoms with Gasteiger partial charge in [-0.05, 0) is 38.0 Å². The van der Waals surface area contributed by atoms with Gasteiger partial charge in [0.05, 0.1) is 11.5 Å². The van der Waals surface area contributed by atoms with Gasteiger partial charge in [-0.15, -0.1) is 0 Å². The van der Waals surface area contributed by atoms with Crippen LogP contribution in [0.15, 0.2) is 54.5 Å². The highest BCUT2D eigenvalue weighted by molar-refractivity contribution is 5.99. The van der Waals surface area contributed by atoms with Crippen LogP contribution in [0.2, 0.25) is 0 Å². The van der Waals surface area contributed by atoms with Crippen LogP contribution in [0.5, 0.6) is 0 Å². The zero-order valence-corrected chi connectivity index (χ0v) is 19.2. The monoisotopic (exact) mass is 504 g/mol. The molecule has 11 heteroatoms. The summed E-state index contributed by atoms with van der Waals surface area (Å²) >= 11 is 0. The minimum Gasteiger partial charge on any atom is -0.438 e. The molecule has 190 valence electrons. The van der Waals surface area contributed by atoms with Gasteiger partial charge in [-0.3, -0.25) is 14.4 Å². The van der Waals surface area contributed by atoms with Gasteiger partial charge in [-0.25, -0.2) is 0 Å². The number of halogens is 3. The normalized spacial score (nSPS) is 18.4. The third-order valence-electron chi connectivity index (χ3n) is 5.97. The molecule has 1 atom stereocenters. The first-order valence-corrected chi connectivity index (χ1v) is 11.2. The Kier molecular flexibility index (Phi) is 6.91. The van der Waals surface area contributed by atoms with Gasteiger partial charge in [0.15, 0.2) is 5.78 Å². The molecule has 2 aliphatic rings. The van der Waals surface area contributed by atoms with Crippen LogP contribution in [-0.4, -0.2) is 37.0 Å². The molecule has 0 spiro atoms. The highest BCUT2D eigenvalue weighted by Crippen LogP contribution is 2.35. The fraction of sp³-hybridized carbons (Fsp3) is 0.320. The molecule has 4 rings (SSSR count). The van der Waals surface area contributed by atoms with E-state index in [2.05, 4.69) is 0 Å². The molecule has 1 unspecified atom stereocenters. The lowest BCUT2D eigenvalue weighted by Crippen LogP contribution is -2.37. The van der Waals surface area contributed by atoms with Crippen LogP contribution in [0.25, 0.3) is 5.76 Å². The number of anilines is 1. The highest BCUT2D eigenvalue weighted by atomic mass is 19.4. The van der Waals surface area contributed by atoms with Gasteiger partial charge < -0.3 is 24.8 Å². The van der Waals surface area contributed by atoms with E-state index in [9.17, 15) is 27.6 Å². The maximum Gasteiger partial charge on any atom is 0.416 e. The summed E-state index contributed by atoms with van der Waals surface area (Å²) in [7, 11) is 0. The fourth-order valence-corrected chi connectivity index (χ4v) is 4.11. The molecule has 1 amide bonds. The second kappa shape index (κ2) is 9.92. The quantitative estimate of drug-likeness (QED) is 0.470.